The molecule has 0 saturated carbocycles. The van der Waals surface area contributed by atoms with Crippen molar-refractivity contribution in [1.29, 1.82) is 0 Å². The molecule has 0 unspecified atom stereocenters. The minimum Gasteiger partial charge on any atom is -0.496 e. The number of aromatic carboxylic acids is 1. The molecule has 45 heteroatoms. The van der Waals surface area contributed by atoms with E-state index < -0.39 is 96.9 Å². The fourth-order valence-corrected chi connectivity index (χ4v) is 11.8. The number of aromatic nitrogens is 8. The maximum Gasteiger partial charge on any atom is 0.435 e. The summed E-state index contributed by atoms with van der Waals surface area (Å²) in [5, 5.41) is 64.0. The van der Waals surface area contributed by atoms with Crippen LogP contribution in [0, 0.1) is 5.92 Å². The molecule has 2 atom stereocenters. The molecule has 31 nitrogen and oxygen atoms in total. The van der Waals surface area contributed by atoms with E-state index in [1.165, 1.54) is 81.3 Å². The van der Waals surface area contributed by atoms with Crippen LogP contribution in [0.4, 0.5) is 39.5 Å². The molecule has 13 N–H and O–H groups in total. The summed E-state index contributed by atoms with van der Waals surface area (Å²) in [6.07, 6.45) is -14.3. The van der Waals surface area contributed by atoms with E-state index in [9.17, 15) is 83.1 Å². The van der Waals surface area contributed by atoms with Gasteiger partial charge in [0.2, 0.25) is 17.7 Å². The van der Waals surface area contributed by atoms with Crippen LogP contribution in [0.2, 0.25) is 13.6 Å². The van der Waals surface area contributed by atoms with Gasteiger partial charge >= 0.3 is 38.6 Å². The maximum absolute atomic E-state index is 13.5. The number of para-hydroxylation sites is 3. The second-order valence-electron chi connectivity index (χ2n) is 23.4. The van der Waals surface area contributed by atoms with E-state index in [0.29, 0.717) is 54.9 Å². The van der Waals surface area contributed by atoms with Gasteiger partial charge in [0.25, 0.3) is 29.5 Å². The lowest BCUT2D eigenvalue weighted by molar-refractivity contribution is -0.142. The predicted molar refractivity (Wildman–Crippen MR) is 387 cm³/mol. The molecule has 0 spiro atoms. The molecule has 7 heterocycles. The molecule has 10 rings (SSSR count). The number of nitrogens with zero attached hydrogens (tertiary/aromatic N) is 8. The zero-order valence-electron chi connectivity index (χ0n) is 59.7. The van der Waals surface area contributed by atoms with Crippen LogP contribution in [0.3, 0.4) is 0 Å². The van der Waals surface area contributed by atoms with Gasteiger partial charge in [-0.15, -0.1) is 44.2 Å². The Hall–Kier alpha value is -11.5. The summed E-state index contributed by atoms with van der Waals surface area (Å²) in [6.45, 7) is 9.99. The Morgan fingerprint density at radius 2 is 0.892 bits per heavy atom. The number of rotatable bonds is 25. The Kier molecular flexibility index (Phi) is 30.3. The second kappa shape index (κ2) is 38.7. The monoisotopic (exact) mass is 1610 g/mol. The van der Waals surface area contributed by atoms with Crippen LogP contribution in [0.15, 0.2) is 130 Å². The Labute approximate surface area is 637 Å². The van der Waals surface area contributed by atoms with E-state index in [4.69, 9.17) is 29.6 Å². The number of amides is 6. The summed E-state index contributed by atoms with van der Waals surface area (Å²) in [4.78, 5) is 85.3. The molecule has 0 radical (unpaired) electrons. The van der Waals surface area contributed by atoms with Crippen molar-refractivity contribution in [2.45, 2.75) is 91.6 Å². The molecule has 0 bridgehead atoms. The molecule has 590 valence electrons. The average molecular weight is 1610 g/mol. The SMILES string of the molecule is CB(O)N[C@@H](C)C(=O)NCc1cc(-n2nc(C(F)(F)F)cc2C(=O)O)cs1.COc1ccccc1-c1nnc(-c2cc(C(F)(F)F)nn2-c2csc(CNC(=O)C(C)C)c2)o1.COc1ccccc1C(=O)NN.COc1ccccc1C(=O)NNC(=O)c1cc(C(F)(F)F)nn1-c1csc(CNC(=O)[C@H](C)NB(C)O)c1. The third-order valence-corrected chi connectivity index (χ3v) is 17.6. The van der Waals surface area contributed by atoms with Crippen LogP contribution in [0.1, 0.15) is 101 Å². The van der Waals surface area contributed by atoms with Crippen molar-refractivity contribution < 1.29 is 107 Å². The number of alkyl halides is 9. The van der Waals surface area contributed by atoms with Crippen LogP contribution in [0.25, 0.3) is 40.1 Å². The number of hydrogen-bond acceptors (Lipinski definition) is 24. The molecule has 0 saturated heterocycles. The highest BCUT2D eigenvalue weighted by atomic mass is 32.1. The molecule has 3 aromatic carbocycles. The number of nitrogens with one attached hydrogen (secondary N) is 8. The van der Waals surface area contributed by atoms with Crippen molar-refractivity contribution in [2.24, 2.45) is 11.8 Å². The molecule has 10 aromatic rings. The molecule has 111 heavy (non-hydrogen) atoms. The molecule has 0 fully saturated rings. The van der Waals surface area contributed by atoms with Gasteiger partial charge in [0.15, 0.2) is 22.8 Å². The molecular weight excluding hydrogens is 1540 g/mol. The number of carbonyl (C=O) groups excluding carboxylic acids is 6. The van der Waals surface area contributed by atoms with Crippen LogP contribution in [-0.4, -0.2) is 144 Å². The minimum absolute atomic E-state index is 0.0171. The standard InChI is InChI=1S/C22H24BF3N6O5S.C22H20F3N5O3S.C14H16BF3N4O4S.C8H10N2O2/c1-12(28-23(2)36)19(33)27-10-14-8-13(11-38-14)32-16(9-18(31-32)22(24,25)26)21(35)30-29-20(34)15-6-4-5-7-17(15)37-3;1-12(2)19(31)26-10-14-8-13(11-34-14)30-16(9-18(29-30)22(23,24)25)21-28-27-20(33-21)15-6-4-5-7-17(15)32-3;1-7(20-15(2)26)12(23)19-5-9-3-8(6-27-9)22-10(13(24)25)4-11(21-22)14(16,17)18;1-12-7-5-3-2-4-6(7)8(11)10-9/h4-9,11-12,28,36H,10H2,1-3H3,(H,27,33)(H,29,34)(H,30,35);4-9,11-12H,10H2,1-3H3,(H,26,31);3-4,6-7,20,26H,5H2,1-2H3,(H,19,23)(H,24,25);2-5H,9H2,1H3,(H,10,11)/t12-;;7-;/m0.0./s1. The van der Waals surface area contributed by atoms with E-state index in [0.717, 1.165) is 43.0 Å². The molecule has 0 aliphatic heterocycles. The number of nitrogens with two attached hydrogens (primary N) is 1. The highest BCUT2D eigenvalue weighted by Gasteiger charge is 2.39. The number of carboxylic acids is 1. The van der Waals surface area contributed by atoms with E-state index in [2.05, 4.69) is 62.8 Å². The van der Waals surface area contributed by atoms with Gasteiger partial charge in [-0.05, 0) is 82.1 Å². The number of thiophene rings is 3. The fourth-order valence-electron chi connectivity index (χ4n) is 9.49. The van der Waals surface area contributed by atoms with Crippen molar-refractivity contribution in [3.8, 4) is 57.3 Å². The number of carboxylic acid groups (broad SMARTS) is 1. The number of carbonyl (C=O) groups is 7. The summed E-state index contributed by atoms with van der Waals surface area (Å²) < 4.78 is 143. The van der Waals surface area contributed by atoms with Crippen LogP contribution < -0.4 is 62.7 Å². The van der Waals surface area contributed by atoms with Gasteiger partial charge in [-0.2, -0.15) is 54.8 Å². The first-order valence-corrected chi connectivity index (χ1v) is 35.0. The van der Waals surface area contributed by atoms with Crippen molar-refractivity contribution in [3.63, 3.8) is 0 Å². The van der Waals surface area contributed by atoms with Crippen molar-refractivity contribution in [3.05, 3.63) is 180 Å². The minimum atomic E-state index is -4.83. The first-order chi connectivity index (χ1) is 52.3. The van der Waals surface area contributed by atoms with Crippen LogP contribution in [0.5, 0.6) is 17.2 Å². The smallest absolute Gasteiger partial charge is 0.435 e. The maximum atomic E-state index is 13.5. The van der Waals surface area contributed by atoms with Crippen molar-refractivity contribution in [1.82, 2.24) is 82.2 Å². The number of halogens is 9. The van der Waals surface area contributed by atoms with E-state index in [-0.39, 0.29) is 83.4 Å². The average Bonchev–Trinajstić information content (AvgIpc) is 1.66. The summed E-state index contributed by atoms with van der Waals surface area (Å²) in [6, 6.07) is 25.1. The summed E-state index contributed by atoms with van der Waals surface area (Å²) in [7, 11) is 2.59. The van der Waals surface area contributed by atoms with Gasteiger partial charge in [-0.1, -0.05) is 50.2 Å². The Morgan fingerprint density at radius 1 is 0.514 bits per heavy atom. The number of nitrogen functional groups attached to an aromatic ring is 1. The summed E-state index contributed by atoms with van der Waals surface area (Å²) in [5.41, 5.74) is 3.15. The second-order valence-corrected chi connectivity index (χ2v) is 26.4. The van der Waals surface area contributed by atoms with Gasteiger partial charge in [0.05, 0.1) is 86.8 Å². The molecule has 7 aromatic heterocycles. The van der Waals surface area contributed by atoms with Crippen LogP contribution >= 0.6 is 34.0 Å². The van der Waals surface area contributed by atoms with E-state index >= 15 is 0 Å². The zero-order chi connectivity index (χ0) is 81.8. The van der Waals surface area contributed by atoms with E-state index in [1.807, 2.05) is 5.43 Å². The lowest BCUT2D eigenvalue weighted by Crippen LogP contribution is -2.47. The first-order valence-electron chi connectivity index (χ1n) is 32.4. The fraction of sp³-hybridized carbons (Fsp3) is 0.273. The molecular formula is C66H70B2F9N17O14S3. The van der Waals surface area contributed by atoms with Gasteiger partial charge in [0, 0.05) is 54.9 Å². The van der Waals surface area contributed by atoms with Gasteiger partial charge in [-0.25, -0.2) is 24.7 Å². The molecule has 0 aliphatic rings. The highest BCUT2D eigenvalue weighted by molar-refractivity contribution is 7.10. The quantitative estimate of drug-likeness (QED) is 0.00840. The van der Waals surface area contributed by atoms with E-state index in [1.54, 1.807) is 99.8 Å². The number of benzene rings is 3. The summed E-state index contributed by atoms with van der Waals surface area (Å²) >= 11 is 3.54. The highest BCUT2D eigenvalue weighted by Crippen LogP contribution is 2.37. The zero-order valence-corrected chi connectivity index (χ0v) is 62.2. The Balaban J connectivity index is 0.000000217. The first kappa shape index (κ1) is 86.8. The number of methoxy groups -OCH3 is 3. The van der Waals surface area contributed by atoms with Gasteiger partial charge < -0.3 is 60.2 Å². The largest absolute Gasteiger partial charge is 0.496 e. The normalized spacial score (nSPS) is 11.8. The molecule has 0 aliphatic carbocycles. The molecule has 6 amide bonds. The number of hydrazine groups is 2. The van der Waals surface area contributed by atoms with Gasteiger partial charge in [0.1, 0.15) is 28.6 Å². The third-order valence-electron chi connectivity index (χ3n) is 14.8. The Bertz CT molecular complexity index is 4860. The number of hydrogen-bond donors (Lipinski definition) is 12. The van der Waals surface area contributed by atoms with Crippen LogP contribution in [-0.2, 0) is 52.5 Å². The topological polar surface area (TPSA) is 423 Å². The van der Waals surface area contributed by atoms with Crippen molar-refractivity contribution in [2.75, 3.05) is 21.3 Å². The predicted octanol–water partition coefficient (Wildman–Crippen LogP) is 8.35. The Morgan fingerprint density at radius 3 is 1.32 bits per heavy atom. The third kappa shape index (κ3) is 24.0. The number of ether oxygens (including phenoxy) is 3. The van der Waals surface area contributed by atoms with Gasteiger partial charge in [-0.3, -0.25) is 45.0 Å². The lowest BCUT2D eigenvalue weighted by atomic mass is 9.87. The van der Waals surface area contributed by atoms with Crippen molar-refractivity contribution >= 4 is 89.5 Å². The lowest BCUT2D eigenvalue weighted by Gasteiger charge is -2.13. The summed E-state index contributed by atoms with van der Waals surface area (Å²) in [5.74, 6) is 1.39.